The van der Waals surface area contributed by atoms with E-state index in [1.165, 1.54) is 0 Å². The van der Waals surface area contributed by atoms with Crippen LogP contribution < -0.4 is 0 Å². The van der Waals surface area contributed by atoms with E-state index in [2.05, 4.69) is 82.3 Å². The maximum atomic E-state index is 5.03. The number of para-hydroxylation sites is 4. The first kappa shape index (κ1) is 17.7. The average Bonchev–Trinajstić information content (AvgIpc) is 3.43. The molecule has 0 saturated carbocycles. The van der Waals surface area contributed by atoms with Gasteiger partial charge in [0.1, 0.15) is 17.7 Å². The van der Waals surface area contributed by atoms with Crippen LogP contribution in [-0.4, -0.2) is 19.5 Å². The van der Waals surface area contributed by atoms with E-state index in [-0.39, 0.29) is 6.04 Å². The standard InChI is InChI=1S/C27H20N4/c1-3-11-19(12-4-1)25(26-28-21-15-7-8-16-22(21)29-26)31-24-18-10-9-17-23(24)30-27(31)20-13-5-2-6-14-20/h1-18,25H,(H,28,29). The van der Waals surface area contributed by atoms with Crippen molar-refractivity contribution in [1.29, 1.82) is 0 Å². The first-order valence-electron chi connectivity index (χ1n) is 10.4. The van der Waals surface area contributed by atoms with Gasteiger partial charge in [0.15, 0.2) is 0 Å². The van der Waals surface area contributed by atoms with Gasteiger partial charge in [-0.05, 0) is 29.8 Å². The van der Waals surface area contributed by atoms with Gasteiger partial charge < -0.3 is 9.55 Å². The van der Waals surface area contributed by atoms with Crippen molar-refractivity contribution in [2.24, 2.45) is 0 Å². The van der Waals surface area contributed by atoms with Crippen molar-refractivity contribution in [2.75, 3.05) is 0 Å². The smallest absolute Gasteiger partial charge is 0.142 e. The summed E-state index contributed by atoms with van der Waals surface area (Å²) in [4.78, 5) is 13.6. The van der Waals surface area contributed by atoms with Crippen LogP contribution in [0.5, 0.6) is 0 Å². The number of nitrogens with one attached hydrogen (secondary N) is 1. The molecule has 0 fully saturated rings. The second-order valence-corrected chi connectivity index (χ2v) is 7.61. The first-order valence-corrected chi connectivity index (χ1v) is 10.4. The number of aromatic nitrogens is 4. The van der Waals surface area contributed by atoms with Crippen molar-refractivity contribution < 1.29 is 0 Å². The van der Waals surface area contributed by atoms with Crippen LogP contribution in [0.25, 0.3) is 33.5 Å². The highest BCUT2D eigenvalue weighted by Gasteiger charge is 2.26. The van der Waals surface area contributed by atoms with E-state index in [4.69, 9.17) is 9.97 Å². The number of hydrogen-bond acceptors (Lipinski definition) is 2. The predicted octanol–water partition coefficient (Wildman–Crippen LogP) is 6.22. The molecule has 4 heteroatoms. The van der Waals surface area contributed by atoms with Crippen LogP contribution in [0.4, 0.5) is 0 Å². The molecule has 0 saturated heterocycles. The van der Waals surface area contributed by atoms with E-state index in [1.807, 2.05) is 36.4 Å². The van der Waals surface area contributed by atoms with E-state index in [0.717, 1.165) is 44.8 Å². The van der Waals surface area contributed by atoms with Crippen LogP contribution >= 0.6 is 0 Å². The summed E-state index contributed by atoms with van der Waals surface area (Å²) >= 11 is 0. The lowest BCUT2D eigenvalue weighted by atomic mass is 10.0. The van der Waals surface area contributed by atoms with Gasteiger partial charge in [-0.25, -0.2) is 9.97 Å². The number of benzene rings is 4. The highest BCUT2D eigenvalue weighted by atomic mass is 15.1. The third kappa shape index (κ3) is 3.01. The van der Waals surface area contributed by atoms with E-state index in [9.17, 15) is 0 Å². The Morgan fingerprint density at radius 2 is 1.26 bits per heavy atom. The molecule has 0 amide bonds. The van der Waals surface area contributed by atoms with Crippen molar-refractivity contribution in [3.8, 4) is 11.4 Å². The fraction of sp³-hybridized carbons (Fsp3) is 0.0370. The molecular formula is C27H20N4. The number of H-pyrrole nitrogens is 1. The van der Waals surface area contributed by atoms with Gasteiger partial charge in [-0.3, -0.25) is 0 Å². The maximum Gasteiger partial charge on any atom is 0.142 e. The minimum atomic E-state index is -0.142. The van der Waals surface area contributed by atoms with Crippen LogP contribution in [0.2, 0.25) is 0 Å². The lowest BCUT2D eigenvalue weighted by molar-refractivity contribution is 0.669. The van der Waals surface area contributed by atoms with Crippen LogP contribution in [0, 0.1) is 0 Å². The van der Waals surface area contributed by atoms with Crippen molar-refractivity contribution in [2.45, 2.75) is 6.04 Å². The molecule has 4 aromatic carbocycles. The van der Waals surface area contributed by atoms with Crippen molar-refractivity contribution in [3.05, 3.63) is 121 Å². The third-order valence-corrected chi connectivity index (χ3v) is 5.67. The van der Waals surface area contributed by atoms with Gasteiger partial charge in [0.05, 0.1) is 22.1 Å². The lowest BCUT2D eigenvalue weighted by Crippen LogP contribution is -2.15. The van der Waals surface area contributed by atoms with Crippen LogP contribution in [0.15, 0.2) is 109 Å². The Morgan fingerprint density at radius 3 is 2.03 bits per heavy atom. The Labute approximate surface area is 179 Å². The summed E-state index contributed by atoms with van der Waals surface area (Å²) in [5.41, 5.74) is 6.28. The number of fused-ring (bicyclic) bond motifs is 2. The molecule has 0 aliphatic rings. The van der Waals surface area contributed by atoms with E-state index in [0.29, 0.717) is 0 Å². The number of rotatable bonds is 4. The van der Waals surface area contributed by atoms with Crippen molar-refractivity contribution in [1.82, 2.24) is 19.5 Å². The topological polar surface area (TPSA) is 46.5 Å². The SMILES string of the molecule is c1ccc(-c2nc3ccccc3n2C(c2ccccc2)c2nc3ccccc3[nH]2)cc1. The van der Waals surface area contributed by atoms with E-state index < -0.39 is 0 Å². The summed E-state index contributed by atoms with van der Waals surface area (Å²) < 4.78 is 2.30. The zero-order chi connectivity index (χ0) is 20.6. The Hall–Kier alpha value is -4.18. The molecule has 1 N–H and O–H groups in total. The highest BCUT2D eigenvalue weighted by Crippen LogP contribution is 2.35. The van der Waals surface area contributed by atoms with Gasteiger partial charge in [0.2, 0.25) is 0 Å². The molecular weight excluding hydrogens is 380 g/mol. The van der Waals surface area contributed by atoms with Gasteiger partial charge in [0, 0.05) is 5.56 Å². The Balaban J connectivity index is 1.68. The zero-order valence-electron chi connectivity index (χ0n) is 16.8. The van der Waals surface area contributed by atoms with E-state index in [1.54, 1.807) is 0 Å². The molecule has 4 nitrogen and oxygen atoms in total. The average molecular weight is 400 g/mol. The summed E-state index contributed by atoms with van der Waals surface area (Å²) in [6.07, 6.45) is 0. The Morgan fingerprint density at radius 1 is 0.613 bits per heavy atom. The van der Waals surface area contributed by atoms with E-state index >= 15 is 0 Å². The number of nitrogens with zero attached hydrogens (tertiary/aromatic N) is 3. The molecule has 0 bridgehead atoms. The maximum absolute atomic E-state index is 5.03. The molecule has 148 valence electrons. The Bertz CT molecular complexity index is 1450. The second-order valence-electron chi connectivity index (χ2n) is 7.61. The van der Waals surface area contributed by atoms with Crippen LogP contribution in [-0.2, 0) is 0 Å². The molecule has 6 rings (SSSR count). The molecule has 0 radical (unpaired) electrons. The minimum Gasteiger partial charge on any atom is -0.340 e. The largest absolute Gasteiger partial charge is 0.340 e. The van der Waals surface area contributed by atoms with Gasteiger partial charge in [-0.2, -0.15) is 0 Å². The minimum absolute atomic E-state index is 0.142. The number of imidazole rings is 2. The summed E-state index contributed by atoms with van der Waals surface area (Å²) in [7, 11) is 0. The molecule has 2 aromatic heterocycles. The summed E-state index contributed by atoms with van der Waals surface area (Å²) in [6.45, 7) is 0. The molecule has 2 heterocycles. The summed E-state index contributed by atoms with van der Waals surface area (Å²) in [6, 6.07) is 37.2. The van der Waals surface area contributed by atoms with Crippen LogP contribution in [0.3, 0.4) is 0 Å². The molecule has 6 aromatic rings. The zero-order valence-corrected chi connectivity index (χ0v) is 16.8. The summed E-state index contributed by atoms with van der Waals surface area (Å²) in [5.74, 6) is 1.82. The fourth-order valence-electron chi connectivity index (χ4n) is 4.26. The molecule has 0 aliphatic heterocycles. The van der Waals surface area contributed by atoms with Gasteiger partial charge in [0.25, 0.3) is 0 Å². The normalized spacial score (nSPS) is 12.4. The van der Waals surface area contributed by atoms with Crippen molar-refractivity contribution >= 4 is 22.1 Å². The monoisotopic (exact) mass is 400 g/mol. The number of aromatic amines is 1. The lowest BCUT2D eigenvalue weighted by Gasteiger charge is -2.21. The molecule has 0 spiro atoms. The molecule has 1 unspecified atom stereocenters. The second kappa shape index (κ2) is 7.26. The third-order valence-electron chi connectivity index (χ3n) is 5.67. The molecule has 31 heavy (non-hydrogen) atoms. The quantitative estimate of drug-likeness (QED) is 0.382. The summed E-state index contributed by atoms with van der Waals surface area (Å²) in [5, 5.41) is 0. The predicted molar refractivity (Wildman–Crippen MR) is 125 cm³/mol. The number of hydrogen-bond donors (Lipinski definition) is 1. The van der Waals surface area contributed by atoms with Crippen molar-refractivity contribution in [3.63, 3.8) is 0 Å². The molecule has 0 aliphatic carbocycles. The highest BCUT2D eigenvalue weighted by molar-refractivity contribution is 5.82. The van der Waals surface area contributed by atoms with Gasteiger partial charge in [-0.1, -0.05) is 84.9 Å². The first-order chi connectivity index (χ1) is 15.4. The van der Waals surface area contributed by atoms with Gasteiger partial charge >= 0.3 is 0 Å². The van der Waals surface area contributed by atoms with Crippen LogP contribution in [0.1, 0.15) is 17.4 Å². The molecule has 1 atom stereocenters. The fourth-order valence-corrected chi connectivity index (χ4v) is 4.26. The van der Waals surface area contributed by atoms with Gasteiger partial charge in [-0.15, -0.1) is 0 Å². The Kier molecular flexibility index (Phi) is 4.13.